The Labute approximate surface area is 124 Å². The molecule has 0 aromatic heterocycles. The van der Waals surface area contributed by atoms with Gasteiger partial charge in [-0.3, -0.25) is 9.69 Å². The van der Waals surface area contributed by atoms with Gasteiger partial charge in [-0.2, -0.15) is 0 Å². The van der Waals surface area contributed by atoms with Crippen LogP contribution in [0.15, 0.2) is 42.5 Å². The molecule has 4 nitrogen and oxygen atoms in total. The van der Waals surface area contributed by atoms with Gasteiger partial charge in [-0.05, 0) is 23.3 Å². The molecule has 0 saturated carbocycles. The fourth-order valence-electron chi connectivity index (χ4n) is 2.91. The van der Waals surface area contributed by atoms with Crippen LogP contribution in [0.1, 0.15) is 12.5 Å². The maximum atomic E-state index is 11.6. The molecule has 1 amide bonds. The van der Waals surface area contributed by atoms with E-state index < -0.39 is 11.5 Å². The highest BCUT2D eigenvalue weighted by Gasteiger charge is 2.37. The summed E-state index contributed by atoms with van der Waals surface area (Å²) in [6.07, 6.45) is 0. The molecule has 1 atom stereocenters. The Balaban J connectivity index is 1.84. The highest BCUT2D eigenvalue weighted by Crippen LogP contribution is 2.23. The molecule has 4 heteroatoms. The molecule has 1 heterocycles. The molecule has 1 aliphatic rings. The summed E-state index contributed by atoms with van der Waals surface area (Å²) >= 11 is 0. The summed E-state index contributed by atoms with van der Waals surface area (Å²) < 4.78 is 5.57. The van der Waals surface area contributed by atoms with Gasteiger partial charge in [-0.15, -0.1) is 0 Å². The zero-order chi connectivity index (χ0) is 14.9. The zero-order valence-electron chi connectivity index (χ0n) is 12.2. The molecule has 0 spiro atoms. The lowest BCUT2D eigenvalue weighted by Crippen LogP contribution is -2.56. The number of nitrogens with zero attached hydrogens (tertiary/aromatic N) is 1. The van der Waals surface area contributed by atoms with Crippen molar-refractivity contribution in [3.63, 3.8) is 0 Å². The van der Waals surface area contributed by atoms with Gasteiger partial charge in [0.1, 0.15) is 0 Å². The van der Waals surface area contributed by atoms with Crippen LogP contribution in [0.3, 0.4) is 0 Å². The zero-order valence-corrected chi connectivity index (χ0v) is 12.2. The summed E-state index contributed by atoms with van der Waals surface area (Å²) in [7, 11) is 0. The van der Waals surface area contributed by atoms with Crippen LogP contribution in [-0.2, 0) is 16.1 Å². The van der Waals surface area contributed by atoms with Crippen molar-refractivity contribution in [3.05, 3.63) is 48.0 Å². The predicted molar refractivity (Wildman–Crippen MR) is 82.8 cm³/mol. The van der Waals surface area contributed by atoms with Crippen LogP contribution in [0.5, 0.6) is 0 Å². The first-order valence-corrected chi connectivity index (χ1v) is 7.21. The largest absolute Gasteiger partial charge is 0.367 e. The summed E-state index contributed by atoms with van der Waals surface area (Å²) in [5.41, 5.74) is 5.84. The molecule has 3 rings (SSSR count). The summed E-state index contributed by atoms with van der Waals surface area (Å²) in [4.78, 5) is 13.8. The van der Waals surface area contributed by atoms with Crippen LogP contribution in [0, 0.1) is 0 Å². The van der Waals surface area contributed by atoms with Crippen molar-refractivity contribution in [1.29, 1.82) is 0 Å². The molecule has 0 bridgehead atoms. The fraction of sp³-hybridized carbons (Fsp3) is 0.353. The number of carbonyl (C=O) groups excluding carboxylic acids is 1. The average Bonchev–Trinajstić information content (AvgIpc) is 2.48. The van der Waals surface area contributed by atoms with E-state index >= 15 is 0 Å². The third-order valence-electron chi connectivity index (χ3n) is 4.15. The summed E-state index contributed by atoms with van der Waals surface area (Å²) in [6.45, 7) is 4.44. The fourth-order valence-corrected chi connectivity index (χ4v) is 2.91. The van der Waals surface area contributed by atoms with Crippen molar-refractivity contribution in [1.82, 2.24) is 4.90 Å². The van der Waals surface area contributed by atoms with Crippen LogP contribution < -0.4 is 5.73 Å². The number of fused-ring (bicyclic) bond motifs is 1. The monoisotopic (exact) mass is 284 g/mol. The molecule has 0 aliphatic carbocycles. The second-order valence-corrected chi connectivity index (χ2v) is 5.79. The molecular weight excluding hydrogens is 264 g/mol. The number of amides is 1. The third kappa shape index (κ3) is 2.77. The Bertz CT molecular complexity index is 665. The Hall–Kier alpha value is -1.91. The molecule has 110 valence electrons. The Morgan fingerprint density at radius 2 is 2.05 bits per heavy atom. The molecule has 0 radical (unpaired) electrons. The minimum Gasteiger partial charge on any atom is -0.367 e. The number of rotatable bonds is 3. The summed E-state index contributed by atoms with van der Waals surface area (Å²) in [5, 5.41) is 2.49. The van der Waals surface area contributed by atoms with Gasteiger partial charge < -0.3 is 10.5 Å². The lowest BCUT2D eigenvalue weighted by molar-refractivity contribution is -0.153. The minimum atomic E-state index is -0.886. The van der Waals surface area contributed by atoms with E-state index in [1.807, 2.05) is 6.07 Å². The summed E-state index contributed by atoms with van der Waals surface area (Å²) in [5.74, 6) is -0.398. The van der Waals surface area contributed by atoms with E-state index in [0.717, 1.165) is 13.1 Å². The lowest BCUT2D eigenvalue weighted by atomic mass is 10.0. The number of carbonyl (C=O) groups is 1. The summed E-state index contributed by atoms with van der Waals surface area (Å²) in [6, 6.07) is 14.7. The van der Waals surface area contributed by atoms with E-state index in [1.165, 1.54) is 16.3 Å². The highest BCUT2D eigenvalue weighted by molar-refractivity contribution is 5.85. The first-order valence-electron chi connectivity index (χ1n) is 7.21. The number of benzene rings is 2. The topological polar surface area (TPSA) is 55.6 Å². The van der Waals surface area contributed by atoms with E-state index in [0.29, 0.717) is 13.2 Å². The number of primary amides is 1. The second-order valence-electron chi connectivity index (χ2n) is 5.79. The van der Waals surface area contributed by atoms with E-state index in [1.54, 1.807) is 6.92 Å². The second kappa shape index (κ2) is 5.47. The number of hydrogen-bond donors (Lipinski definition) is 1. The molecule has 2 N–H and O–H groups in total. The van der Waals surface area contributed by atoms with Crippen LogP contribution in [0.2, 0.25) is 0 Å². The maximum Gasteiger partial charge on any atom is 0.250 e. The molecule has 0 unspecified atom stereocenters. The van der Waals surface area contributed by atoms with Crippen molar-refractivity contribution < 1.29 is 9.53 Å². The maximum absolute atomic E-state index is 11.6. The van der Waals surface area contributed by atoms with Crippen molar-refractivity contribution in [2.24, 2.45) is 5.73 Å². The first-order chi connectivity index (χ1) is 10.1. The SMILES string of the molecule is C[C@]1(C(N)=O)CN(Cc2cccc3ccccc23)CCO1. The van der Waals surface area contributed by atoms with Gasteiger partial charge in [-0.25, -0.2) is 0 Å². The van der Waals surface area contributed by atoms with Crippen LogP contribution >= 0.6 is 0 Å². The van der Waals surface area contributed by atoms with Crippen molar-refractivity contribution >= 4 is 16.7 Å². The average molecular weight is 284 g/mol. The molecule has 1 fully saturated rings. The van der Waals surface area contributed by atoms with Crippen LogP contribution in [0.4, 0.5) is 0 Å². The number of ether oxygens (including phenoxy) is 1. The smallest absolute Gasteiger partial charge is 0.250 e. The molecule has 21 heavy (non-hydrogen) atoms. The number of morpholine rings is 1. The van der Waals surface area contributed by atoms with Gasteiger partial charge in [0.2, 0.25) is 0 Å². The quantitative estimate of drug-likeness (QED) is 0.937. The van der Waals surface area contributed by atoms with E-state index in [4.69, 9.17) is 10.5 Å². The number of hydrogen-bond acceptors (Lipinski definition) is 3. The van der Waals surface area contributed by atoms with Crippen LogP contribution in [-0.4, -0.2) is 36.1 Å². The van der Waals surface area contributed by atoms with Gasteiger partial charge in [0.15, 0.2) is 5.60 Å². The molecule has 2 aromatic rings. The van der Waals surface area contributed by atoms with Crippen LogP contribution in [0.25, 0.3) is 10.8 Å². The van der Waals surface area contributed by atoms with E-state index in [9.17, 15) is 4.79 Å². The van der Waals surface area contributed by atoms with Crippen molar-refractivity contribution in [2.45, 2.75) is 19.1 Å². The Morgan fingerprint density at radius 3 is 2.86 bits per heavy atom. The number of nitrogens with two attached hydrogens (primary N) is 1. The van der Waals surface area contributed by atoms with Gasteiger partial charge in [0, 0.05) is 19.6 Å². The standard InChI is InChI=1S/C17H20N2O2/c1-17(16(18)20)12-19(9-10-21-17)11-14-7-4-6-13-5-2-3-8-15(13)14/h2-8H,9-12H2,1H3,(H2,18,20)/t17-/m1/s1. The first kappa shape index (κ1) is 14.0. The molecule has 1 saturated heterocycles. The van der Waals surface area contributed by atoms with Gasteiger partial charge in [0.05, 0.1) is 6.61 Å². The normalized spacial score (nSPS) is 23.3. The minimum absolute atomic E-state index is 0.398. The van der Waals surface area contributed by atoms with E-state index in [-0.39, 0.29) is 0 Å². The lowest BCUT2D eigenvalue weighted by Gasteiger charge is -2.38. The molecular formula is C17H20N2O2. The van der Waals surface area contributed by atoms with Crippen molar-refractivity contribution in [3.8, 4) is 0 Å². The van der Waals surface area contributed by atoms with Gasteiger partial charge in [0.25, 0.3) is 5.91 Å². The predicted octanol–water partition coefficient (Wildman–Crippen LogP) is 1.92. The molecule has 1 aliphatic heterocycles. The van der Waals surface area contributed by atoms with Crippen molar-refractivity contribution in [2.75, 3.05) is 19.7 Å². The Kier molecular flexibility index (Phi) is 3.66. The molecule has 2 aromatic carbocycles. The Morgan fingerprint density at radius 1 is 1.29 bits per heavy atom. The van der Waals surface area contributed by atoms with Gasteiger partial charge >= 0.3 is 0 Å². The third-order valence-corrected chi connectivity index (χ3v) is 4.15. The van der Waals surface area contributed by atoms with Gasteiger partial charge in [-0.1, -0.05) is 42.5 Å². The highest BCUT2D eigenvalue weighted by atomic mass is 16.5. The van der Waals surface area contributed by atoms with E-state index in [2.05, 4.69) is 41.3 Å².